The van der Waals surface area contributed by atoms with E-state index in [4.69, 9.17) is 17.3 Å². The van der Waals surface area contributed by atoms with Crippen LogP contribution in [0.2, 0.25) is 5.02 Å². The Morgan fingerprint density at radius 3 is 2.47 bits per heavy atom. The maximum Gasteiger partial charge on any atom is 0.230 e. The summed E-state index contributed by atoms with van der Waals surface area (Å²) in [6.07, 6.45) is 0. The molecule has 0 atom stereocenters. The molecule has 0 aliphatic rings. The number of hydrogen-bond acceptors (Lipinski definition) is 5. The van der Waals surface area contributed by atoms with Crippen molar-refractivity contribution in [1.29, 1.82) is 0 Å². The van der Waals surface area contributed by atoms with E-state index in [-0.39, 0.29) is 5.95 Å². The zero-order valence-electron chi connectivity index (χ0n) is 9.55. The lowest BCUT2D eigenvalue weighted by atomic mass is 10.2. The van der Waals surface area contributed by atoms with Gasteiger partial charge in [-0.05, 0) is 12.1 Å². The quantitative estimate of drug-likeness (QED) is 0.880. The number of nitrogens with zero attached hydrogens (tertiary/aromatic N) is 4. The summed E-state index contributed by atoms with van der Waals surface area (Å²) in [4.78, 5) is 14.2. The van der Waals surface area contributed by atoms with Crippen LogP contribution in [0.5, 0.6) is 0 Å². The Bertz CT molecular complexity index is 541. The van der Waals surface area contributed by atoms with Gasteiger partial charge < -0.3 is 10.6 Å². The topological polar surface area (TPSA) is 67.9 Å². The minimum absolute atomic E-state index is 0.179. The maximum atomic E-state index is 6.09. The Kier molecular flexibility index (Phi) is 3.10. The summed E-state index contributed by atoms with van der Waals surface area (Å²) >= 11 is 6.09. The van der Waals surface area contributed by atoms with E-state index in [0.717, 1.165) is 5.56 Å². The molecule has 17 heavy (non-hydrogen) atoms. The van der Waals surface area contributed by atoms with Crippen molar-refractivity contribution in [2.24, 2.45) is 0 Å². The van der Waals surface area contributed by atoms with Crippen molar-refractivity contribution < 1.29 is 0 Å². The molecule has 5 nitrogen and oxygen atoms in total. The van der Waals surface area contributed by atoms with Gasteiger partial charge in [-0.25, -0.2) is 0 Å². The fraction of sp³-hybridized carbons (Fsp3) is 0.182. The molecular weight excluding hydrogens is 238 g/mol. The molecule has 2 N–H and O–H groups in total. The first-order valence-electron chi connectivity index (χ1n) is 5.01. The first-order valence-corrected chi connectivity index (χ1v) is 5.39. The van der Waals surface area contributed by atoms with E-state index in [1.54, 1.807) is 11.0 Å². The largest absolute Gasteiger partial charge is 0.368 e. The van der Waals surface area contributed by atoms with Gasteiger partial charge in [0.05, 0.1) is 5.02 Å². The molecule has 1 heterocycles. The molecule has 0 saturated carbocycles. The van der Waals surface area contributed by atoms with Crippen LogP contribution in [0, 0.1) is 0 Å². The third kappa shape index (κ3) is 2.45. The molecule has 0 radical (unpaired) electrons. The Balaban J connectivity index is 2.56. The molecule has 0 aliphatic carbocycles. The highest BCUT2D eigenvalue weighted by molar-refractivity contribution is 6.33. The number of hydrogen-bond donors (Lipinski definition) is 1. The average molecular weight is 250 g/mol. The van der Waals surface area contributed by atoms with E-state index >= 15 is 0 Å². The molecule has 88 valence electrons. The zero-order chi connectivity index (χ0) is 12.4. The van der Waals surface area contributed by atoms with Crippen LogP contribution in [0.4, 0.5) is 11.9 Å². The molecule has 0 bridgehead atoms. The van der Waals surface area contributed by atoms with E-state index in [2.05, 4.69) is 15.0 Å². The summed E-state index contributed by atoms with van der Waals surface area (Å²) in [5, 5.41) is 0.586. The lowest BCUT2D eigenvalue weighted by Gasteiger charge is -2.11. The number of nitrogens with two attached hydrogens (primary N) is 1. The van der Waals surface area contributed by atoms with Crippen LogP contribution in [0.25, 0.3) is 11.4 Å². The number of halogens is 1. The SMILES string of the molecule is CN(C)c1nc(N)nc(-c2ccccc2Cl)n1. The summed E-state index contributed by atoms with van der Waals surface area (Å²) in [5.41, 5.74) is 6.39. The van der Waals surface area contributed by atoms with Crippen LogP contribution in [0.3, 0.4) is 0 Å². The number of benzene rings is 1. The first-order chi connectivity index (χ1) is 8.08. The van der Waals surface area contributed by atoms with Gasteiger partial charge in [0.25, 0.3) is 0 Å². The van der Waals surface area contributed by atoms with Gasteiger partial charge >= 0.3 is 0 Å². The smallest absolute Gasteiger partial charge is 0.230 e. The predicted octanol–water partition coefficient (Wildman–Crippen LogP) is 1.84. The highest BCUT2D eigenvalue weighted by Crippen LogP contribution is 2.25. The fourth-order valence-corrected chi connectivity index (χ4v) is 1.56. The average Bonchev–Trinajstić information content (AvgIpc) is 2.28. The predicted molar refractivity (Wildman–Crippen MR) is 69.0 cm³/mol. The summed E-state index contributed by atoms with van der Waals surface area (Å²) in [6.45, 7) is 0. The standard InChI is InChI=1S/C11H12ClN5/c1-17(2)11-15-9(14-10(13)16-11)7-5-3-4-6-8(7)12/h3-6H,1-2H3,(H2,13,14,15,16). The minimum atomic E-state index is 0.179. The second-order valence-electron chi connectivity index (χ2n) is 3.69. The van der Waals surface area contributed by atoms with E-state index in [1.165, 1.54) is 0 Å². The summed E-state index contributed by atoms with van der Waals surface area (Å²) in [6, 6.07) is 7.35. The Hall–Kier alpha value is -1.88. The molecule has 0 amide bonds. The lowest BCUT2D eigenvalue weighted by Crippen LogP contribution is -2.15. The van der Waals surface area contributed by atoms with E-state index in [0.29, 0.717) is 16.8 Å². The molecule has 2 aromatic rings. The lowest BCUT2D eigenvalue weighted by molar-refractivity contribution is 0.970. The molecule has 0 aliphatic heterocycles. The van der Waals surface area contributed by atoms with Crippen molar-refractivity contribution in [3.8, 4) is 11.4 Å². The number of aromatic nitrogens is 3. The van der Waals surface area contributed by atoms with Gasteiger partial charge in [-0.1, -0.05) is 23.7 Å². The van der Waals surface area contributed by atoms with Crippen molar-refractivity contribution in [1.82, 2.24) is 15.0 Å². The monoisotopic (exact) mass is 249 g/mol. The molecule has 0 unspecified atom stereocenters. The fourth-order valence-electron chi connectivity index (χ4n) is 1.34. The summed E-state index contributed by atoms with van der Waals surface area (Å²) in [5.74, 6) is 1.16. The third-order valence-corrected chi connectivity index (χ3v) is 2.49. The van der Waals surface area contributed by atoms with Gasteiger partial charge in [0.15, 0.2) is 5.82 Å². The maximum absolute atomic E-state index is 6.09. The van der Waals surface area contributed by atoms with Gasteiger partial charge in [-0.2, -0.15) is 15.0 Å². The van der Waals surface area contributed by atoms with Gasteiger partial charge in [0.2, 0.25) is 11.9 Å². The zero-order valence-corrected chi connectivity index (χ0v) is 10.3. The van der Waals surface area contributed by atoms with Crippen molar-refractivity contribution in [3.63, 3.8) is 0 Å². The van der Waals surface area contributed by atoms with Crippen molar-refractivity contribution in [3.05, 3.63) is 29.3 Å². The van der Waals surface area contributed by atoms with Crippen molar-refractivity contribution >= 4 is 23.5 Å². The van der Waals surface area contributed by atoms with Crippen LogP contribution in [0.15, 0.2) is 24.3 Å². The Morgan fingerprint density at radius 2 is 1.82 bits per heavy atom. The van der Waals surface area contributed by atoms with Crippen molar-refractivity contribution in [2.45, 2.75) is 0 Å². The normalized spacial score (nSPS) is 10.3. The van der Waals surface area contributed by atoms with Gasteiger partial charge in [0.1, 0.15) is 0 Å². The van der Waals surface area contributed by atoms with Crippen LogP contribution < -0.4 is 10.6 Å². The summed E-state index contributed by atoms with van der Waals surface area (Å²) < 4.78 is 0. The first kappa shape index (κ1) is 11.6. The molecule has 0 fully saturated rings. The molecule has 0 saturated heterocycles. The molecule has 1 aromatic heterocycles. The van der Waals surface area contributed by atoms with Crippen molar-refractivity contribution in [2.75, 3.05) is 24.7 Å². The Morgan fingerprint density at radius 1 is 1.12 bits per heavy atom. The van der Waals surface area contributed by atoms with Gasteiger partial charge in [-0.3, -0.25) is 0 Å². The summed E-state index contributed by atoms with van der Waals surface area (Å²) in [7, 11) is 3.68. The second-order valence-corrected chi connectivity index (χ2v) is 4.10. The number of rotatable bonds is 2. The molecule has 1 aromatic carbocycles. The van der Waals surface area contributed by atoms with Crippen LogP contribution >= 0.6 is 11.6 Å². The second kappa shape index (κ2) is 4.55. The molecule has 0 spiro atoms. The van der Waals surface area contributed by atoms with E-state index < -0.39 is 0 Å². The van der Waals surface area contributed by atoms with Gasteiger partial charge in [-0.15, -0.1) is 0 Å². The van der Waals surface area contributed by atoms with Crippen LogP contribution in [-0.4, -0.2) is 29.0 Å². The highest BCUT2D eigenvalue weighted by atomic mass is 35.5. The minimum Gasteiger partial charge on any atom is -0.368 e. The number of nitrogen functional groups attached to an aromatic ring is 1. The Labute approximate surface area is 104 Å². The van der Waals surface area contributed by atoms with Crippen LogP contribution in [0.1, 0.15) is 0 Å². The van der Waals surface area contributed by atoms with Crippen LogP contribution in [-0.2, 0) is 0 Å². The highest BCUT2D eigenvalue weighted by Gasteiger charge is 2.10. The van der Waals surface area contributed by atoms with E-state index in [1.807, 2.05) is 32.3 Å². The van der Waals surface area contributed by atoms with E-state index in [9.17, 15) is 0 Å². The molecular formula is C11H12ClN5. The number of anilines is 2. The third-order valence-electron chi connectivity index (χ3n) is 2.16. The van der Waals surface area contributed by atoms with Gasteiger partial charge in [0, 0.05) is 19.7 Å². The molecule has 6 heteroatoms. The molecule has 2 rings (SSSR count).